The summed E-state index contributed by atoms with van der Waals surface area (Å²) >= 11 is 0. The van der Waals surface area contributed by atoms with Gasteiger partial charge in [0.25, 0.3) is 0 Å². The predicted octanol–water partition coefficient (Wildman–Crippen LogP) is 7.94. The summed E-state index contributed by atoms with van der Waals surface area (Å²) in [7, 11) is 0. The van der Waals surface area contributed by atoms with E-state index in [-0.39, 0.29) is 0 Å². The van der Waals surface area contributed by atoms with Gasteiger partial charge < -0.3 is 4.74 Å². The number of ether oxygens (including phenoxy) is 1. The maximum absolute atomic E-state index is 6.17. The molecule has 0 aromatic carbocycles. The molecule has 0 aromatic heterocycles. The minimum absolute atomic E-state index is 0.583. The smallest absolute Gasteiger partial charge is 0.0575 e. The molecule has 0 spiro atoms. The molecule has 0 N–H and O–H groups in total. The van der Waals surface area contributed by atoms with Gasteiger partial charge in [-0.15, -0.1) is 6.58 Å². The highest BCUT2D eigenvalue weighted by Gasteiger charge is 2.34. The molecule has 0 amide bonds. The second-order valence-corrected chi connectivity index (χ2v) is 10.1. The Balaban J connectivity index is 1.29. The molecule has 0 aliphatic heterocycles. The molecule has 3 rings (SSSR count). The van der Waals surface area contributed by atoms with Crippen molar-refractivity contribution in [3.63, 3.8) is 0 Å². The zero-order chi connectivity index (χ0) is 18.9. The van der Waals surface area contributed by atoms with Crippen LogP contribution >= 0.6 is 0 Å². The van der Waals surface area contributed by atoms with E-state index >= 15 is 0 Å². The van der Waals surface area contributed by atoms with Crippen LogP contribution in [0.15, 0.2) is 12.7 Å². The van der Waals surface area contributed by atoms with Gasteiger partial charge >= 0.3 is 0 Å². The summed E-state index contributed by atoms with van der Waals surface area (Å²) in [6, 6.07) is 0. The first-order valence-corrected chi connectivity index (χ1v) is 12.5. The zero-order valence-electron chi connectivity index (χ0n) is 18.2. The summed E-state index contributed by atoms with van der Waals surface area (Å²) in [5.74, 6) is 4.97. The fourth-order valence-electron chi connectivity index (χ4n) is 6.45. The second-order valence-electron chi connectivity index (χ2n) is 10.1. The average molecular weight is 375 g/mol. The highest BCUT2D eigenvalue weighted by molar-refractivity contribution is 4.89. The number of hydrogen-bond acceptors (Lipinski definition) is 1. The van der Waals surface area contributed by atoms with Crippen LogP contribution in [0.3, 0.4) is 0 Å². The van der Waals surface area contributed by atoms with Gasteiger partial charge in [0, 0.05) is 6.61 Å². The molecule has 0 aromatic rings. The Bertz CT molecular complexity index is 392. The summed E-state index contributed by atoms with van der Waals surface area (Å²) in [6.45, 7) is 7.30. The van der Waals surface area contributed by atoms with Crippen molar-refractivity contribution in [1.82, 2.24) is 0 Å². The first-order valence-electron chi connectivity index (χ1n) is 12.5. The van der Waals surface area contributed by atoms with Gasteiger partial charge in [-0.25, -0.2) is 0 Å². The first kappa shape index (κ1) is 21.4. The lowest BCUT2D eigenvalue weighted by Gasteiger charge is -2.41. The van der Waals surface area contributed by atoms with Crippen molar-refractivity contribution >= 4 is 0 Å². The second kappa shape index (κ2) is 11.6. The fourth-order valence-corrected chi connectivity index (χ4v) is 6.45. The minimum Gasteiger partial charge on any atom is -0.378 e. The summed E-state index contributed by atoms with van der Waals surface area (Å²) in [4.78, 5) is 0. The summed E-state index contributed by atoms with van der Waals surface area (Å²) in [5.41, 5.74) is 0. The Kier molecular flexibility index (Phi) is 9.23. The third-order valence-corrected chi connectivity index (χ3v) is 8.37. The third kappa shape index (κ3) is 6.62. The highest BCUT2D eigenvalue weighted by atomic mass is 16.5. The van der Waals surface area contributed by atoms with E-state index in [0.717, 1.165) is 36.2 Å². The first-order chi connectivity index (χ1) is 13.3. The van der Waals surface area contributed by atoms with Crippen molar-refractivity contribution in [3.05, 3.63) is 12.7 Å². The maximum Gasteiger partial charge on any atom is 0.0575 e. The molecule has 0 unspecified atom stereocenters. The van der Waals surface area contributed by atoms with Crippen LogP contribution in [-0.2, 0) is 4.74 Å². The molecule has 3 fully saturated rings. The summed E-state index contributed by atoms with van der Waals surface area (Å²) in [5, 5.41) is 0. The van der Waals surface area contributed by atoms with Gasteiger partial charge in [-0.1, -0.05) is 32.3 Å². The van der Waals surface area contributed by atoms with Crippen molar-refractivity contribution in [3.8, 4) is 0 Å². The van der Waals surface area contributed by atoms with E-state index in [9.17, 15) is 0 Å². The lowest BCUT2D eigenvalue weighted by atomic mass is 9.65. The van der Waals surface area contributed by atoms with E-state index in [4.69, 9.17) is 4.74 Å². The quantitative estimate of drug-likeness (QED) is 0.294. The SMILES string of the molecule is C=CC1CCC(C2CCC(C3CCC(OCCCCCC)CC3)CC2)CC1. The lowest BCUT2D eigenvalue weighted by Crippen LogP contribution is -2.31. The molecule has 3 aliphatic rings. The molecule has 156 valence electrons. The predicted molar refractivity (Wildman–Crippen MR) is 117 cm³/mol. The van der Waals surface area contributed by atoms with Crippen LogP contribution in [0.1, 0.15) is 110 Å². The topological polar surface area (TPSA) is 9.23 Å². The fraction of sp³-hybridized carbons (Fsp3) is 0.923. The molecule has 3 saturated carbocycles. The largest absolute Gasteiger partial charge is 0.378 e. The van der Waals surface area contributed by atoms with Gasteiger partial charge in [0.2, 0.25) is 0 Å². The van der Waals surface area contributed by atoms with Crippen molar-refractivity contribution in [2.24, 2.45) is 29.6 Å². The molecular weight excluding hydrogens is 328 g/mol. The highest BCUT2D eigenvalue weighted by Crippen LogP contribution is 2.45. The zero-order valence-corrected chi connectivity index (χ0v) is 18.2. The number of allylic oxidation sites excluding steroid dienone is 1. The van der Waals surface area contributed by atoms with Crippen LogP contribution in [-0.4, -0.2) is 12.7 Å². The minimum atomic E-state index is 0.583. The summed E-state index contributed by atoms with van der Waals surface area (Å²) in [6.07, 6.45) is 25.6. The van der Waals surface area contributed by atoms with Gasteiger partial charge in [-0.05, 0) is 113 Å². The Morgan fingerprint density at radius 1 is 0.667 bits per heavy atom. The number of hydrogen-bond donors (Lipinski definition) is 0. The van der Waals surface area contributed by atoms with Gasteiger partial charge in [0.15, 0.2) is 0 Å². The Morgan fingerprint density at radius 3 is 1.63 bits per heavy atom. The molecule has 27 heavy (non-hydrogen) atoms. The van der Waals surface area contributed by atoms with Crippen molar-refractivity contribution in [2.75, 3.05) is 6.61 Å². The van der Waals surface area contributed by atoms with E-state index in [1.165, 1.54) is 103 Å². The Labute approximate surface area is 169 Å². The molecule has 0 atom stereocenters. The van der Waals surface area contributed by atoms with E-state index in [1.54, 1.807) is 0 Å². The van der Waals surface area contributed by atoms with E-state index in [0.29, 0.717) is 6.10 Å². The van der Waals surface area contributed by atoms with Crippen molar-refractivity contribution in [2.45, 2.75) is 116 Å². The van der Waals surface area contributed by atoms with Gasteiger partial charge in [0.1, 0.15) is 0 Å². The molecule has 1 heteroatoms. The van der Waals surface area contributed by atoms with Gasteiger partial charge in [-0.2, -0.15) is 0 Å². The van der Waals surface area contributed by atoms with Crippen LogP contribution in [0.4, 0.5) is 0 Å². The normalized spacial score (nSPS) is 37.8. The number of rotatable bonds is 9. The van der Waals surface area contributed by atoms with Crippen LogP contribution in [0.25, 0.3) is 0 Å². The van der Waals surface area contributed by atoms with Gasteiger partial charge in [0.05, 0.1) is 6.10 Å². The Hall–Kier alpha value is -0.300. The summed E-state index contributed by atoms with van der Waals surface area (Å²) < 4.78 is 6.17. The monoisotopic (exact) mass is 374 g/mol. The van der Waals surface area contributed by atoms with Crippen LogP contribution < -0.4 is 0 Å². The maximum atomic E-state index is 6.17. The van der Waals surface area contributed by atoms with Crippen LogP contribution in [0, 0.1) is 29.6 Å². The molecule has 1 nitrogen and oxygen atoms in total. The van der Waals surface area contributed by atoms with Crippen molar-refractivity contribution < 1.29 is 4.74 Å². The molecule has 0 saturated heterocycles. The Morgan fingerprint density at radius 2 is 1.15 bits per heavy atom. The van der Waals surface area contributed by atoms with Crippen LogP contribution in [0.2, 0.25) is 0 Å². The molecule has 3 aliphatic carbocycles. The van der Waals surface area contributed by atoms with E-state index in [1.807, 2.05) is 0 Å². The molecular formula is C26H46O. The number of unbranched alkanes of at least 4 members (excludes halogenated alkanes) is 3. The van der Waals surface area contributed by atoms with E-state index in [2.05, 4.69) is 19.6 Å². The third-order valence-electron chi connectivity index (χ3n) is 8.37. The standard InChI is InChI=1S/C26H46O/c1-3-5-6-7-20-27-26-18-16-25(17-19-26)24-14-12-23(13-15-24)22-10-8-21(4-2)9-11-22/h4,21-26H,2-3,5-20H2,1H3. The van der Waals surface area contributed by atoms with Crippen molar-refractivity contribution in [1.29, 1.82) is 0 Å². The average Bonchev–Trinajstić information content (AvgIpc) is 2.74. The van der Waals surface area contributed by atoms with E-state index < -0.39 is 0 Å². The molecule has 0 radical (unpaired) electrons. The molecule has 0 bridgehead atoms. The lowest BCUT2D eigenvalue weighted by molar-refractivity contribution is 0.00392. The van der Waals surface area contributed by atoms with Gasteiger partial charge in [-0.3, -0.25) is 0 Å². The molecule has 0 heterocycles. The van der Waals surface area contributed by atoms with Crippen LogP contribution in [0.5, 0.6) is 0 Å².